The number of rotatable bonds is 4. The Kier molecular flexibility index (Phi) is 4.50. The minimum Gasteiger partial charge on any atom is -0.460 e. The summed E-state index contributed by atoms with van der Waals surface area (Å²) in [5.74, 6) is -1.32. The van der Waals surface area contributed by atoms with Gasteiger partial charge in [-0.25, -0.2) is 0 Å². The third-order valence-corrected chi connectivity index (χ3v) is 2.28. The van der Waals surface area contributed by atoms with Crippen molar-refractivity contribution < 1.29 is 23.8 Å². The highest BCUT2D eigenvalue weighted by Gasteiger charge is 2.34. The predicted molar refractivity (Wildman–Crippen MR) is 65.0 cm³/mol. The van der Waals surface area contributed by atoms with Crippen LogP contribution in [0, 0.1) is 0 Å². The number of hydrogen-bond donors (Lipinski definition) is 0. The van der Waals surface area contributed by atoms with Crippen molar-refractivity contribution in [2.45, 2.75) is 65.0 Å². The maximum absolute atomic E-state index is 11.7. The Morgan fingerprint density at radius 3 is 2.39 bits per heavy atom. The highest BCUT2D eigenvalue weighted by atomic mass is 16.7. The fourth-order valence-electron chi connectivity index (χ4n) is 1.73. The van der Waals surface area contributed by atoms with Crippen molar-refractivity contribution in [1.82, 2.24) is 0 Å². The monoisotopic (exact) mass is 258 g/mol. The second-order valence-corrected chi connectivity index (χ2v) is 5.96. The van der Waals surface area contributed by atoms with Gasteiger partial charge in [0.05, 0.1) is 12.7 Å². The molecule has 0 aromatic heterocycles. The smallest absolute Gasteiger partial charge is 0.313 e. The molecule has 0 aromatic carbocycles. The molecule has 0 aromatic rings. The first-order chi connectivity index (χ1) is 8.07. The minimum absolute atomic E-state index is 0.183. The fourth-order valence-corrected chi connectivity index (χ4v) is 1.73. The van der Waals surface area contributed by atoms with Gasteiger partial charge in [0.15, 0.2) is 5.79 Å². The van der Waals surface area contributed by atoms with E-state index in [2.05, 4.69) is 0 Å². The van der Waals surface area contributed by atoms with Crippen molar-refractivity contribution >= 4 is 11.8 Å². The molecule has 0 unspecified atom stereocenters. The molecular formula is C13H22O5. The van der Waals surface area contributed by atoms with Gasteiger partial charge in [-0.15, -0.1) is 0 Å². The summed E-state index contributed by atoms with van der Waals surface area (Å²) in [6, 6.07) is 0. The molecule has 5 heteroatoms. The number of ketones is 1. The maximum atomic E-state index is 11.7. The second kappa shape index (κ2) is 5.36. The van der Waals surface area contributed by atoms with Crippen molar-refractivity contribution in [3.63, 3.8) is 0 Å². The van der Waals surface area contributed by atoms with Gasteiger partial charge in [-0.1, -0.05) is 0 Å². The fraction of sp³-hybridized carbons (Fsp3) is 0.846. The molecule has 1 atom stereocenters. The van der Waals surface area contributed by atoms with Crippen LogP contribution < -0.4 is 0 Å². The van der Waals surface area contributed by atoms with E-state index >= 15 is 0 Å². The molecule has 1 aliphatic heterocycles. The van der Waals surface area contributed by atoms with Crippen molar-refractivity contribution in [1.29, 1.82) is 0 Å². The lowest BCUT2D eigenvalue weighted by atomic mass is 10.1. The molecule has 0 radical (unpaired) electrons. The zero-order valence-electron chi connectivity index (χ0n) is 11.7. The van der Waals surface area contributed by atoms with Gasteiger partial charge in [0, 0.05) is 6.42 Å². The van der Waals surface area contributed by atoms with E-state index in [1.54, 1.807) is 34.6 Å². The molecule has 104 valence electrons. The van der Waals surface area contributed by atoms with Crippen molar-refractivity contribution in [3.05, 3.63) is 0 Å². The molecule has 1 rings (SSSR count). The summed E-state index contributed by atoms with van der Waals surface area (Å²) in [5.41, 5.74) is -0.563. The molecule has 0 bridgehead atoms. The van der Waals surface area contributed by atoms with Crippen LogP contribution in [0.25, 0.3) is 0 Å². The molecule has 0 aliphatic carbocycles. The van der Waals surface area contributed by atoms with Crippen LogP contribution in [0.15, 0.2) is 0 Å². The normalized spacial score (nSPS) is 22.8. The lowest BCUT2D eigenvalue weighted by Crippen LogP contribution is -2.27. The molecule has 1 saturated heterocycles. The molecule has 0 amide bonds. The zero-order chi connectivity index (χ0) is 14.0. The van der Waals surface area contributed by atoms with Gasteiger partial charge in [-0.05, 0) is 34.6 Å². The zero-order valence-corrected chi connectivity index (χ0v) is 11.7. The van der Waals surface area contributed by atoms with Crippen LogP contribution in [-0.2, 0) is 23.8 Å². The van der Waals surface area contributed by atoms with Gasteiger partial charge < -0.3 is 14.2 Å². The Bertz CT molecular complexity index is 327. The number of carbonyl (C=O) groups is 2. The van der Waals surface area contributed by atoms with Crippen molar-refractivity contribution in [3.8, 4) is 0 Å². The average Bonchev–Trinajstić information content (AvgIpc) is 2.40. The number of carbonyl (C=O) groups excluding carboxylic acids is 2. The average molecular weight is 258 g/mol. The van der Waals surface area contributed by atoms with Crippen LogP contribution in [0.3, 0.4) is 0 Å². The number of hydrogen-bond acceptors (Lipinski definition) is 5. The van der Waals surface area contributed by atoms with E-state index in [0.29, 0.717) is 6.61 Å². The van der Waals surface area contributed by atoms with Crippen LogP contribution in [0.5, 0.6) is 0 Å². The van der Waals surface area contributed by atoms with E-state index in [0.717, 1.165) is 0 Å². The summed E-state index contributed by atoms with van der Waals surface area (Å²) in [5, 5.41) is 0. The van der Waals surface area contributed by atoms with Crippen molar-refractivity contribution in [2.75, 3.05) is 6.61 Å². The summed E-state index contributed by atoms with van der Waals surface area (Å²) in [6.45, 7) is 9.28. The first-order valence-electron chi connectivity index (χ1n) is 6.13. The van der Waals surface area contributed by atoms with E-state index in [1.165, 1.54) is 0 Å². The number of Topliss-reactive ketones (excluding diaryl/α,β-unsaturated/α-hetero) is 1. The van der Waals surface area contributed by atoms with Gasteiger partial charge in [0.2, 0.25) is 0 Å². The summed E-state index contributed by atoms with van der Waals surface area (Å²) < 4.78 is 15.9. The first kappa shape index (κ1) is 15.1. The number of ether oxygens (including phenoxy) is 3. The molecule has 1 aliphatic rings. The van der Waals surface area contributed by atoms with Gasteiger partial charge in [-0.3, -0.25) is 9.59 Å². The van der Waals surface area contributed by atoms with E-state index in [-0.39, 0.29) is 24.7 Å². The summed E-state index contributed by atoms with van der Waals surface area (Å²) in [6.07, 6.45) is -0.296. The van der Waals surface area contributed by atoms with Gasteiger partial charge >= 0.3 is 5.97 Å². The van der Waals surface area contributed by atoms with Gasteiger partial charge in [0.1, 0.15) is 17.8 Å². The highest BCUT2D eigenvalue weighted by molar-refractivity contribution is 5.95. The van der Waals surface area contributed by atoms with Crippen LogP contribution in [0.1, 0.15) is 47.5 Å². The topological polar surface area (TPSA) is 61.8 Å². The standard InChI is InChI=1S/C13H22O5/c1-12(2,3)18-11(15)7-9(14)6-10-8-16-13(4,5)17-10/h10H,6-8H2,1-5H3/t10-/m0/s1. The lowest BCUT2D eigenvalue weighted by Gasteiger charge is -2.19. The highest BCUT2D eigenvalue weighted by Crippen LogP contribution is 2.24. The van der Waals surface area contributed by atoms with Gasteiger partial charge in [0.25, 0.3) is 0 Å². The molecule has 0 saturated carbocycles. The second-order valence-electron chi connectivity index (χ2n) is 5.96. The third kappa shape index (κ3) is 5.60. The molecular weight excluding hydrogens is 236 g/mol. The Morgan fingerprint density at radius 1 is 1.33 bits per heavy atom. The van der Waals surface area contributed by atoms with Crippen LogP contribution in [0.2, 0.25) is 0 Å². The summed E-state index contributed by atoms with van der Waals surface area (Å²) >= 11 is 0. The molecule has 5 nitrogen and oxygen atoms in total. The maximum Gasteiger partial charge on any atom is 0.313 e. The lowest BCUT2D eigenvalue weighted by molar-refractivity contribution is -0.156. The Hall–Kier alpha value is -0.940. The number of esters is 1. The predicted octanol–water partition coefficient (Wildman–Crippen LogP) is 1.83. The molecule has 0 spiro atoms. The Balaban J connectivity index is 2.32. The first-order valence-corrected chi connectivity index (χ1v) is 6.13. The van der Waals surface area contributed by atoms with E-state index in [4.69, 9.17) is 14.2 Å². The largest absolute Gasteiger partial charge is 0.460 e. The molecule has 1 fully saturated rings. The van der Waals surface area contributed by atoms with Gasteiger partial charge in [-0.2, -0.15) is 0 Å². The Morgan fingerprint density at radius 2 is 1.94 bits per heavy atom. The Labute approximate surface area is 108 Å². The summed E-state index contributed by atoms with van der Waals surface area (Å²) in [4.78, 5) is 23.1. The molecule has 1 heterocycles. The van der Waals surface area contributed by atoms with Crippen LogP contribution >= 0.6 is 0 Å². The third-order valence-electron chi connectivity index (χ3n) is 2.28. The molecule has 0 N–H and O–H groups in total. The van der Waals surface area contributed by atoms with E-state index in [1.807, 2.05) is 0 Å². The van der Waals surface area contributed by atoms with Crippen LogP contribution in [0.4, 0.5) is 0 Å². The molecule has 18 heavy (non-hydrogen) atoms. The van der Waals surface area contributed by atoms with E-state index < -0.39 is 17.4 Å². The minimum atomic E-state index is -0.642. The van der Waals surface area contributed by atoms with Crippen LogP contribution in [-0.4, -0.2) is 35.9 Å². The SMILES string of the molecule is CC(C)(C)OC(=O)CC(=O)C[C@H]1COC(C)(C)O1. The summed E-state index contributed by atoms with van der Waals surface area (Å²) in [7, 11) is 0. The van der Waals surface area contributed by atoms with E-state index in [9.17, 15) is 9.59 Å². The quantitative estimate of drug-likeness (QED) is 0.568. The van der Waals surface area contributed by atoms with Crippen molar-refractivity contribution in [2.24, 2.45) is 0 Å².